The number of nitrogens with two attached hydrogens (primary N) is 1. The summed E-state index contributed by atoms with van der Waals surface area (Å²) < 4.78 is 11.7. The number of nitrogens with zero attached hydrogens (tertiary/aromatic N) is 2. The highest BCUT2D eigenvalue weighted by Gasteiger charge is 2.47. The molecule has 1 aromatic rings. The minimum absolute atomic E-state index is 0.122. The van der Waals surface area contributed by atoms with Gasteiger partial charge < -0.3 is 15.2 Å². The third-order valence-electron chi connectivity index (χ3n) is 4.00. The first-order chi connectivity index (χ1) is 10.3. The van der Waals surface area contributed by atoms with Crippen LogP contribution in [0, 0.1) is 0 Å². The number of aliphatic imine (C=N–C) groups is 2. The zero-order valence-electron chi connectivity index (χ0n) is 11.4. The van der Waals surface area contributed by atoms with Gasteiger partial charge in [-0.15, -0.1) is 0 Å². The first-order valence-corrected chi connectivity index (χ1v) is 6.90. The standard InChI is InChI=1S/C16H15N3O2/c17-15-6-8-20-10-16(19-15)11-3-1-2-4-13(11)21-14-9-18-7-5-12(14)16/h1-8,14H,9-10H2,(H2,17,19). The number of ether oxygens (including phenoxy) is 2. The van der Waals surface area contributed by atoms with Gasteiger partial charge in [-0.3, -0.25) is 4.99 Å². The summed E-state index contributed by atoms with van der Waals surface area (Å²) in [6.45, 7) is 0.992. The molecule has 5 heteroatoms. The molecule has 2 unspecified atom stereocenters. The van der Waals surface area contributed by atoms with E-state index < -0.39 is 5.54 Å². The topological polar surface area (TPSA) is 69.2 Å². The van der Waals surface area contributed by atoms with Crippen LogP contribution in [-0.2, 0) is 10.3 Å². The van der Waals surface area contributed by atoms with Crippen LogP contribution >= 0.6 is 0 Å². The van der Waals surface area contributed by atoms with E-state index in [1.807, 2.05) is 30.3 Å². The van der Waals surface area contributed by atoms with Crippen molar-refractivity contribution >= 4 is 12.1 Å². The van der Waals surface area contributed by atoms with Crippen LogP contribution in [0.3, 0.4) is 0 Å². The van der Waals surface area contributed by atoms with E-state index in [9.17, 15) is 0 Å². The Morgan fingerprint density at radius 2 is 2.19 bits per heavy atom. The van der Waals surface area contributed by atoms with Crippen molar-refractivity contribution in [3.63, 3.8) is 0 Å². The highest BCUT2D eigenvalue weighted by Crippen LogP contribution is 2.47. The van der Waals surface area contributed by atoms with Crippen LogP contribution in [0.4, 0.5) is 0 Å². The van der Waals surface area contributed by atoms with Crippen LogP contribution in [0.15, 0.2) is 58.2 Å². The van der Waals surface area contributed by atoms with Crippen LogP contribution in [0.1, 0.15) is 5.56 Å². The van der Waals surface area contributed by atoms with E-state index in [0.717, 1.165) is 16.9 Å². The summed E-state index contributed by atoms with van der Waals surface area (Å²) in [7, 11) is 0. The number of benzene rings is 1. The minimum Gasteiger partial charge on any atom is -0.498 e. The molecule has 0 aliphatic carbocycles. The molecule has 3 aliphatic heterocycles. The molecule has 1 aromatic carbocycles. The van der Waals surface area contributed by atoms with E-state index in [1.54, 1.807) is 18.6 Å². The third kappa shape index (κ3) is 1.77. The predicted octanol–water partition coefficient (Wildman–Crippen LogP) is 1.55. The van der Waals surface area contributed by atoms with Gasteiger partial charge in [0.1, 0.15) is 24.3 Å². The molecule has 0 radical (unpaired) electrons. The number of hydrogen-bond donors (Lipinski definition) is 1. The van der Waals surface area contributed by atoms with E-state index in [2.05, 4.69) is 4.99 Å². The van der Waals surface area contributed by atoms with E-state index >= 15 is 0 Å². The first kappa shape index (κ1) is 12.2. The zero-order valence-corrected chi connectivity index (χ0v) is 11.4. The van der Waals surface area contributed by atoms with E-state index in [0.29, 0.717) is 19.0 Å². The summed E-state index contributed by atoms with van der Waals surface area (Å²) >= 11 is 0. The third-order valence-corrected chi connectivity index (χ3v) is 4.00. The summed E-state index contributed by atoms with van der Waals surface area (Å²) in [5.41, 5.74) is 7.39. The molecule has 3 aliphatic rings. The molecule has 2 N–H and O–H groups in total. The highest BCUT2D eigenvalue weighted by atomic mass is 16.5. The number of amidine groups is 1. The molecule has 0 amide bonds. The molecular weight excluding hydrogens is 266 g/mol. The lowest BCUT2D eigenvalue weighted by atomic mass is 9.77. The summed E-state index contributed by atoms with van der Waals surface area (Å²) in [5, 5.41) is 0. The molecule has 4 rings (SSSR count). The Kier molecular flexibility index (Phi) is 2.60. The molecule has 2 atom stereocenters. The van der Waals surface area contributed by atoms with Gasteiger partial charge in [-0.05, 0) is 12.1 Å². The van der Waals surface area contributed by atoms with Gasteiger partial charge in [0, 0.05) is 23.4 Å². The van der Waals surface area contributed by atoms with Gasteiger partial charge in [0.05, 0.1) is 12.8 Å². The lowest BCUT2D eigenvalue weighted by molar-refractivity contribution is 0.138. The van der Waals surface area contributed by atoms with Gasteiger partial charge in [-0.1, -0.05) is 18.2 Å². The molecule has 0 bridgehead atoms. The Morgan fingerprint density at radius 1 is 1.29 bits per heavy atom. The molecule has 3 heterocycles. The largest absolute Gasteiger partial charge is 0.498 e. The maximum absolute atomic E-state index is 6.07. The highest BCUT2D eigenvalue weighted by molar-refractivity contribution is 5.92. The fourth-order valence-corrected chi connectivity index (χ4v) is 3.08. The molecule has 0 aromatic heterocycles. The number of hydrogen-bond acceptors (Lipinski definition) is 5. The maximum Gasteiger partial charge on any atom is 0.150 e. The van der Waals surface area contributed by atoms with Gasteiger partial charge in [-0.25, -0.2) is 4.99 Å². The van der Waals surface area contributed by atoms with Crippen molar-refractivity contribution in [2.75, 3.05) is 13.2 Å². The number of dihydropyridines is 1. The molecule has 5 nitrogen and oxygen atoms in total. The number of fused-ring (bicyclic) bond motifs is 4. The SMILES string of the molecule is NC1=NC2(COC=C1)C1=CC=NCC1Oc1ccccc12. The van der Waals surface area contributed by atoms with Crippen LogP contribution in [0.5, 0.6) is 5.75 Å². The smallest absolute Gasteiger partial charge is 0.150 e. The summed E-state index contributed by atoms with van der Waals surface area (Å²) in [4.78, 5) is 9.06. The zero-order chi connectivity index (χ0) is 14.3. The van der Waals surface area contributed by atoms with Gasteiger partial charge >= 0.3 is 0 Å². The first-order valence-electron chi connectivity index (χ1n) is 6.90. The van der Waals surface area contributed by atoms with Crippen molar-refractivity contribution in [3.8, 4) is 5.75 Å². The Labute approximate surface area is 122 Å². The number of allylic oxidation sites excluding steroid dienone is 1. The Bertz CT molecular complexity index is 705. The lowest BCUT2D eigenvalue weighted by Gasteiger charge is -2.41. The second-order valence-electron chi connectivity index (χ2n) is 5.25. The predicted molar refractivity (Wildman–Crippen MR) is 80.7 cm³/mol. The van der Waals surface area contributed by atoms with Gasteiger partial charge in [0.25, 0.3) is 0 Å². The Morgan fingerprint density at radius 3 is 3.14 bits per heavy atom. The normalized spacial score (nSPS) is 29.4. The number of para-hydroxylation sites is 1. The average molecular weight is 281 g/mol. The van der Waals surface area contributed by atoms with Crippen molar-refractivity contribution < 1.29 is 9.47 Å². The molecular formula is C16H15N3O2. The van der Waals surface area contributed by atoms with Crippen LogP contribution in [0.2, 0.25) is 0 Å². The number of rotatable bonds is 0. The summed E-state index contributed by atoms with van der Waals surface area (Å²) in [6, 6.07) is 7.90. The quantitative estimate of drug-likeness (QED) is 0.784. The summed E-state index contributed by atoms with van der Waals surface area (Å²) in [5.74, 6) is 1.27. The molecule has 0 saturated heterocycles. The van der Waals surface area contributed by atoms with Crippen molar-refractivity contribution in [1.82, 2.24) is 0 Å². The second kappa shape index (κ2) is 4.48. The second-order valence-corrected chi connectivity index (χ2v) is 5.25. The maximum atomic E-state index is 6.07. The Balaban J connectivity index is 1.98. The van der Waals surface area contributed by atoms with E-state index in [1.165, 1.54) is 0 Å². The molecule has 1 spiro atoms. The fourth-order valence-electron chi connectivity index (χ4n) is 3.08. The summed E-state index contributed by atoms with van der Waals surface area (Å²) in [6.07, 6.45) is 6.92. The Hall–Kier alpha value is -2.56. The average Bonchev–Trinajstić information content (AvgIpc) is 2.70. The fraction of sp³-hybridized carbons (Fsp3) is 0.250. The van der Waals surface area contributed by atoms with Crippen molar-refractivity contribution in [3.05, 3.63) is 53.8 Å². The van der Waals surface area contributed by atoms with E-state index in [-0.39, 0.29) is 6.10 Å². The van der Waals surface area contributed by atoms with Gasteiger partial charge in [0.15, 0.2) is 5.54 Å². The van der Waals surface area contributed by atoms with Crippen molar-refractivity contribution in [1.29, 1.82) is 0 Å². The molecule has 0 fully saturated rings. The van der Waals surface area contributed by atoms with Gasteiger partial charge in [0.2, 0.25) is 0 Å². The molecule has 106 valence electrons. The molecule has 0 saturated carbocycles. The van der Waals surface area contributed by atoms with Crippen LogP contribution in [-0.4, -0.2) is 31.3 Å². The lowest BCUT2D eigenvalue weighted by Crippen LogP contribution is -2.45. The monoisotopic (exact) mass is 281 g/mol. The van der Waals surface area contributed by atoms with E-state index in [4.69, 9.17) is 20.2 Å². The van der Waals surface area contributed by atoms with Crippen LogP contribution < -0.4 is 10.5 Å². The minimum atomic E-state index is -0.639. The molecule has 21 heavy (non-hydrogen) atoms. The van der Waals surface area contributed by atoms with Crippen molar-refractivity contribution in [2.24, 2.45) is 15.7 Å². The van der Waals surface area contributed by atoms with Gasteiger partial charge in [-0.2, -0.15) is 0 Å². The van der Waals surface area contributed by atoms with Crippen LogP contribution in [0.25, 0.3) is 0 Å². The van der Waals surface area contributed by atoms with Crippen molar-refractivity contribution in [2.45, 2.75) is 11.6 Å².